The van der Waals surface area contributed by atoms with Crippen LogP contribution in [0.1, 0.15) is 18.1 Å². The van der Waals surface area contributed by atoms with Gasteiger partial charge in [-0.1, -0.05) is 42.5 Å². The molecule has 0 radical (unpaired) electrons. The molecule has 0 aliphatic carbocycles. The molecule has 1 saturated heterocycles. The van der Waals surface area contributed by atoms with Crippen LogP contribution in [0.2, 0.25) is 0 Å². The van der Waals surface area contributed by atoms with Gasteiger partial charge in [-0.15, -0.1) is 0 Å². The summed E-state index contributed by atoms with van der Waals surface area (Å²) < 4.78 is 31.2. The maximum atomic E-state index is 13.0. The molecule has 1 N–H and O–H groups in total. The van der Waals surface area contributed by atoms with Gasteiger partial charge in [0.25, 0.3) is 11.1 Å². The first-order valence-corrected chi connectivity index (χ1v) is 15.0. The molecule has 1 fully saturated rings. The average molecular weight is 638 g/mol. The van der Waals surface area contributed by atoms with Gasteiger partial charge in [0.2, 0.25) is 5.91 Å². The van der Waals surface area contributed by atoms with E-state index in [4.69, 9.17) is 4.18 Å². The summed E-state index contributed by atoms with van der Waals surface area (Å²) in [5, 5.41) is 4.31. The lowest BCUT2D eigenvalue weighted by Crippen LogP contribution is -2.27. The van der Waals surface area contributed by atoms with E-state index in [2.05, 4.69) is 21.2 Å². The molecule has 0 spiro atoms. The summed E-state index contributed by atoms with van der Waals surface area (Å²) in [4.78, 5) is 38.2. The number of nitrogens with one attached hydrogen (secondary N) is 1. The third-order valence-electron chi connectivity index (χ3n) is 5.94. The van der Waals surface area contributed by atoms with Crippen LogP contribution in [-0.4, -0.2) is 30.4 Å². The molecule has 0 atom stereocenters. The summed E-state index contributed by atoms with van der Waals surface area (Å²) in [5.41, 5.74) is 1.88. The Balaban J connectivity index is 1.29. The lowest BCUT2D eigenvalue weighted by molar-refractivity contribution is -0.123. The summed E-state index contributed by atoms with van der Waals surface area (Å²) in [6, 6.07) is 23.9. The van der Waals surface area contributed by atoms with Crippen LogP contribution in [0.4, 0.5) is 10.5 Å². The smallest absolute Gasteiger partial charge is 0.339 e. The highest BCUT2D eigenvalue weighted by atomic mass is 79.9. The van der Waals surface area contributed by atoms with Gasteiger partial charge in [0.1, 0.15) is 4.90 Å². The molecule has 202 valence electrons. The van der Waals surface area contributed by atoms with Crippen LogP contribution < -0.4 is 9.50 Å². The van der Waals surface area contributed by atoms with Crippen molar-refractivity contribution < 1.29 is 27.0 Å². The van der Waals surface area contributed by atoms with Crippen molar-refractivity contribution in [3.63, 3.8) is 0 Å². The number of carbonyl (C=O) groups is 3. The van der Waals surface area contributed by atoms with Gasteiger partial charge in [0, 0.05) is 12.6 Å². The normalized spacial score (nSPS) is 14.7. The summed E-state index contributed by atoms with van der Waals surface area (Å²) in [6.45, 7) is 1.51. The third-order valence-corrected chi connectivity index (χ3v) is 8.72. The quantitative estimate of drug-likeness (QED) is 0.181. The second-order valence-electron chi connectivity index (χ2n) is 8.88. The van der Waals surface area contributed by atoms with E-state index in [1.165, 1.54) is 42.2 Å². The van der Waals surface area contributed by atoms with Gasteiger partial charge in [-0.3, -0.25) is 19.3 Å². The number of rotatable bonds is 7. The van der Waals surface area contributed by atoms with Crippen molar-refractivity contribution >= 4 is 77.4 Å². The van der Waals surface area contributed by atoms with Crippen molar-refractivity contribution in [1.29, 1.82) is 0 Å². The van der Waals surface area contributed by atoms with E-state index in [1.807, 2.05) is 42.5 Å². The van der Waals surface area contributed by atoms with Crippen molar-refractivity contribution in [2.24, 2.45) is 0 Å². The zero-order valence-electron chi connectivity index (χ0n) is 21.0. The molecular formula is C29H21BrN2O6S2. The van der Waals surface area contributed by atoms with E-state index in [-0.39, 0.29) is 33.2 Å². The fraction of sp³-hybridized carbons (Fsp3) is 0.0690. The van der Waals surface area contributed by atoms with Crippen molar-refractivity contribution in [3.8, 4) is 5.75 Å². The van der Waals surface area contributed by atoms with E-state index in [0.29, 0.717) is 15.7 Å². The van der Waals surface area contributed by atoms with E-state index in [1.54, 1.807) is 18.2 Å². The molecule has 0 bridgehead atoms. The first-order valence-electron chi connectivity index (χ1n) is 11.9. The minimum atomic E-state index is -4.15. The van der Waals surface area contributed by atoms with Gasteiger partial charge in [-0.25, -0.2) is 0 Å². The summed E-state index contributed by atoms with van der Waals surface area (Å²) in [7, 11) is -4.15. The summed E-state index contributed by atoms with van der Waals surface area (Å²) >= 11 is 4.18. The monoisotopic (exact) mass is 636 g/mol. The highest BCUT2D eigenvalue weighted by Gasteiger charge is 2.35. The Bertz CT molecular complexity index is 1800. The van der Waals surface area contributed by atoms with Crippen molar-refractivity contribution in [2.45, 2.75) is 18.4 Å². The number of anilines is 1. The highest BCUT2D eigenvalue weighted by Crippen LogP contribution is 2.35. The number of carbonyl (C=O) groups excluding carboxylic acids is 3. The number of thioether (sulfide) groups is 1. The lowest BCUT2D eigenvalue weighted by atomic mass is 10.1. The Morgan fingerprint density at radius 1 is 0.975 bits per heavy atom. The SMILES string of the molecule is CC(=O)Nc1ccc(S(=O)(=O)Oc2ccc(/C=C3\SC(=O)N(Cc4ccc5ccccc5c4)C3=O)cc2Br)cc1. The van der Waals surface area contributed by atoms with Crippen LogP contribution in [0.15, 0.2) is 99.2 Å². The molecule has 11 heteroatoms. The fourth-order valence-electron chi connectivity index (χ4n) is 4.06. The van der Waals surface area contributed by atoms with Gasteiger partial charge in [-0.05, 0) is 98.1 Å². The minimum Gasteiger partial charge on any atom is -0.378 e. The topological polar surface area (TPSA) is 110 Å². The first-order chi connectivity index (χ1) is 19.1. The number of imide groups is 1. The standard InChI is InChI=1S/C29H21BrN2O6S2/c1-18(33)31-23-9-11-24(12-10-23)40(36,37)38-26-13-7-19(15-25(26)30)16-27-28(34)32(29(35)39-27)17-20-6-8-21-4-2-3-5-22(21)14-20/h2-16H,17H2,1H3,(H,31,33)/b27-16-. The number of halogens is 1. The number of hydrogen-bond donors (Lipinski definition) is 1. The third kappa shape index (κ3) is 6.11. The average Bonchev–Trinajstić information content (AvgIpc) is 3.17. The molecule has 1 heterocycles. The Labute approximate surface area is 243 Å². The number of benzene rings is 4. The second-order valence-corrected chi connectivity index (χ2v) is 12.3. The Morgan fingerprint density at radius 3 is 2.40 bits per heavy atom. The molecule has 0 aromatic heterocycles. The first kappa shape index (κ1) is 27.6. The molecular weight excluding hydrogens is 616 g/mol. The van der Waals surface area contributed by atoms with E-state index in [0.717, 1.165) is 28.1 Å². The molecule has 0 saturated carbocycles. The van der Waals surface area contributed by atoms with Crippen LogP contribution in [0, 0.1) is 0 Å². The van der Waals surface area contributed by atoms with Crippen molar-refractivity contribution in [2.75, 3.05) is 5.32 Å². The molecule has 4 aromatic rings. The predicted molar refractivity (Wildman–Crippen MR) is 158 cm³/mol. The molecule has 0 unspecified atom stereocenters. The van der Waals surface area contributed by atoms with E-state index in [9.17, 15) is 22.8 Å². The zero-order chi connectivity index (χ0) is 28.4. The Kier molecular flexibility index (Phi) is 7.79. The lowest BCUT2D eigenvalue weighted by Gasteiger charge is -2.13. The zero-order valence-corrected chi connectivity index (χ0v) is 24.2. The van der Waals surface area contributed by atoms with E-state index >= 15 is 0 Å². The van der Waals surface area contributed by atoms with Gasteiger partial charge >= 0.3 is 10.1 Å². The number of fused-ring (bicyclic) bond motifs is 1. The predicted octanol–water partition coefficient (Wildman–Crippen LogP) is 6.56. The number of nitrogens with zero attached hydrogens (tertiary/aromatic N) is 1. The van der Waals surface area contributed by atoms with Crippen molar-refractivity contribution in [3.05, 3.63) is 105 Å². The maximum Gasteiger partial charge on any atom is 0.339 e. The van der Waals surface area contributed by atoms with Crippen LogP contribution in [0.5, 0.6) is 5.75 Å². The van der Waals surface area contributed by atoms with Crippen LogP contribution in [0.3, 0.4) is 0 Å². The Hall–Kier alpha value is -3.93. The molecule has 4 aromatic carbocycles. The van der Waals surface area contributed by atoms with Gasteiger partial charge in [0.15, 0.2) is 5.75 Å². The van der Waals surface area contributed by atoms with Crippen LogP contribution >= 0.6 is 27.7 Å². The largest absolute Gasteiger partial charge is 0.378 e. The highest BCUT2D eigenvalue weighted by molar-refractivity contribution is 9.10. The van der Waals surface area contributed by atoms with E-state index < -0.39 is 16.0 Å². The maximum absolute atomic E-state index is 13.0. The molecule has 40 heavy (non-hydrogen) atoms. The van der Waals surface area contributed by atoms with Gasteiger partial charge in [-0.2, -0.15) is 8.42 Å². The number of amides is 3. The van der Waals surface area contributed by atoms with Crippen LogP contribution in [0.25, 0.3) is 16.8 Å². The molecule has 3 amide bonds. The fourth-order valence-corrected chi connectivity index (χ4v) is 6.43. The molecule has 8 nitrogen and oxygen atoms in total. The Morgan fingerprint density at radius 2 is 1.70 bits per heavy atom. The van der Waals surface area contributed by atoms with Crippen LogP contribution in [-0.2, 0) is 26.3 Å². The molecule has 1 aliphatic rings. The number of hydrogen-bond acceptors (Lipinski definition) is 7. The summed E-state index contributed by atoms with van der Waals surface area (Å²) in [6.07, 6.45) is 1.58. The molecule has 1 aliphatic heterocycles. The van der Waals surface area contributed by atoms with Gasteiger partial charge in [0.05, 0.1) is 15.9 Å². The second kappa shape index (κ2) is 11.3. The summed E-state index contributed by atoms with van der Waals surface area (Å²) in [5.74, 6) is -0.622. The molecule has 5 rings (SSSR count). The minimum absolute atomic E-state index is 0.0486. The van der Waals surface area contributed by atoms with Gasteiger partial charge < -0.3 is 9.50 Å². The van der Waals surface area contributed by atoms with Crippen molar-refractivity contribution in [1.82, 2.24) is 4.90 Å².